The molecule has 1 saturated heterocycles. The third kappa shape index (κ3) is 2.98. The molecule has 0 aromatic heterocycles. The van der Waals surface area contributed by atoms with Gasteiger partial charge in [-0.2, -0.15) is 0 Å². The van der Waals surface area contributed by atoms with E-state index in [1.54, 1.807) is 0 Å². The van der Waals surface area contributed by atoms with Crippen LogP contribution in [0, 0.1) is 0 Å². The molecular weight excluding hydrogens is 159 g/mol. The van der Waals surface area contributed by atoms with Gasteiger partial charge in [-0.1, -0.05) is 13.3 Å². The van der Waals surface area contributed by atoms with Crippen molar-refractivity contribution in [1.82, 2.24) is 0 Å². The first-order valence-corrected chi connectivity index (χ1v) is 3.12. The van der Waals surface area contributed by atoms with Gasteiger partial charge in [0.05, 0.1) is 12.1 Å². The summed E-state index contributed by atoms with van der Waals surface area (Å²) in [6, 6.07) is 0. The monoisotopic (exact) mass is 168 g/mol. The minimum atomic E-state index is -1.08. The van der Waals surface area contributed by atoms with Crippen LogP contribution in [0.3, 0.4) is 0 Å². The molecule has 10 heavy (non-hydrogen) atoms. The summed E-state index contributed by atoms with van der Waals surface area (Å²) in [7, 11) is 0. The van der Waals surface area contributed by atoms with Crippen molar-refractivity contribution in [2.24, 2.45) is 0 Å². The molecule has 1 fully saturated rings. The summed E-state index contributed by atoms with van der Waals surface area (Å²) < 4.78 is 4.76. The summed E-state index contributed by atoms with van der Waals surface area (Å²) in [5.74, 6) is -1.08. The Labute approximate surface area is 103 Å². The Morgan fingerprint density at radius 1 is 1.70 bits per heavy atom. The number of hydrogen-bond acceptors (Lipinski definition) is 3. The van der Waals surface area contributed by atoms with Crippen LogP contribution >= 0.6 is 0 Å². The normalized spacial score (nSPS) is 28.9. The number of ether oxygens (including phenoxy) is 1. The molecule has 0 N–H and O–H groups in total. The van der Waals surface area contributed by atoms with Crippen LogP contribution in [-0.2, 0) is 9.53 Å². The van der Waals surface area contributed by atoms with E-state index in [-0.39, 0.29) is 57.5 Å². The van der Waals surface area contributed by atoms with Gasteiger partial charge in [0.25, 0.3) is 0 Å². The second-order valence-corrected chi connectivity index (χ2v) is 2.20. The van der Waals surface area contributed by atoms with E-state index in [1.165, 1.54) is 0 Å². The van der Waals surface area contributed by atoms with Crippen LogP contribution in [0.1, 0.15) is 19.8 Å². The van der Waals surface area contributed by atoms with Crippen LogP contribution in [0.2, 0.25) is 0 Å². The Kier molecular flexibility index (Phi) is 5.36. The van der Waals surface area contributed by atoms with E-state index in [4.69, 9.17) is 4.74 Å². The van der Waals surface area contributed by atoms with Crippen molar-refractivity contribution >= 4 is 5.97 Å². The van der Waals surface area contributed by atoms with Crippen LogP contribution in [0.15, 0.2) is 0 Å². The largest absolute Gasteiger partial charge is 1.00 e. The third-order valence-electron chi connectivity index (χ3n) is 1.39. The minimum absolute atomic E-state index is 0. The van der Waals surface area contributed by atoms with Gasteiger partial charge in [0.1, 0.15) is 6.10 Å². The average molecular weight is 168 g/mol. The van der Waals surface area contributed by atoms with Crippen LogP contribution in [0.5, 0.6) is 0 Å². The molecular formula is C6H9KO3. The molecule has 0 aliphatic carbocycles. The molecule has 0 bridgehead atoms. The van der Waals surface area contributed by atoms with Gasteiger partial charge in [0, 0.05) is 0 Å². The van der Waals surface area contributed by atoms with Gasteiger partial charge in [-0.05, 0) is 6.42 Å². The molecule has 52 valence electrons. The Morgan fingerprint density at radius 3 is 2.60 bits per heavy atom. The number of carbonyl (C=O) groups excluding carboxylic acids is 1. The molecule has 1 rings (SSSR count). The van der Waals surface area contributed by atoms with Crippen LogP contribution in [0.25, 0.3) is 0 Å². The van der Waals surface area contributed by atoms with Crippen molar-refractivity contribution in [3.8, 4) is 0 Å². The van der Waals surface area contributed by atoms with E-state index in [0.29, 0.717) is 0 Å². The standard InChI is InChI=1S/C6H10O3.K/c1-2-3-4-5(9-4)6(7)8;/h4-5H,2-3H2,1H3,(H,7,8);/q;+1/p-1/t4-,5+;/m0./s1. The molecule has 3 nitrogen and oxygen atoms in total. The maximum atomic E-state index is 10.0. The van der Waals surface area contributed by atoms with Gasteiger partial charge in [0.2, 0.25) is 0 Å². The molecule has 0 amide bonds. The van der Waals surface area contributed by atoms with Gasteiger partial charge >= 0.3 is 51.4 Å². The number of hydrogen-bond donors (Lipinski definition) is 0. The Hall–Kier alpha value is 1.07. The van der Waals surface area contributed by atoms with E-state index in [0.717, 1.165) is 12.8 Å². The summed E-state index contributed by atoms with van der Waals surface area (Å²) in [5, 5.41) is 10.0. The molecule has 0 aromatic carbocycles. The number of aliphatic carboxylic acids is 1. The second-order valence-electron chi connectivity index (χ2n) is 2.20. The van der Waals surface area contributed by atoms with Gasteiger partial charge in [-0.25, -0.2) is 0 Å². The van der Waals surface area contributed by atoms with E-state index >= 15 is 0 Å². The maximum Gasteiger partial charge on any atom is 1.00 e. The third-order valence-corrected chi connectivity index (χ3v) is 1.39. The number of carboxylic acid groups (broad SMARTS) is 1. The van der Waals surface area contributed by atoms with Crippen molar-refractivity contribution in [2.75, 3.05) is 0 Å². The van der Waals surface area contributed by atoms with Gasteiger partial charge in [-0.3, -0.25) is 0 Å². The summed E-state index contributed by atoms with van der Waals surface area (Å²) in [5.41, 5.74) is 0. The summed E-state index contributed by atoms with van der Waals surface area (Å²) in [6.45, 7) is 1.99. The maximum absolute atomic E-state index is 10.0. The molecule has 1 heterocycles. The molecule has 0 unspecified atom stereocenters. The number of epoxide rings is 1. The fraction of sp³-hybridized carbons (Fsp3) is 0.833. The Bertz CT molecular complexity index is 126. The van der Waals surface area contributed by atoms with E-state index < -0.39 is 12.1 Å². The first kappa shape index (κ1) is 11.1. The number of carbonyl (C=O) groups is 1. The van der Waals surface area contributed by atoms with E-state index in [9.17, 15) is 9.90 Å². The molecule has 2 atom stereocenters. The quantitative estimate of drug-likeness (QED) is 0.322. The van der Waals surface area contributed by atoms with Crippen molar-refractivity contribution in [3.05, 3.63) is 0 Å². The molecule has 1 aliphatic heterocycles. The van der Waals surface area contributed by atoms with Crippen LogP contribution in [0.4, 0.5) is 0 Å². The van der Waals surface area contributed by atoms with Crippen molar-refractivity contribution < 1.29 is 66.0 Å². The minimum Gasteiger partial charge on any atom is -0.547 e. The van der Waals surface area contributed by atoms with Crippen molar-refractivity contribution in [3.63, 3.8) is 0 Å². The summed E-state index contributed by atoms with van der Waals surface area (Å²) >= 11 is 0. The zero-order valence-electron chi connectivity index (χ0n) is 6.29. The van der Waals surface area contributed by atoms with E-state index in [1.807, 2.05) is 6.92 Å². The predicted octanol–water partition coefficient (Wildman–Crippen LogP) is -3.69. The Morgan fingerprint density at radius 2 is 2.30 bits per heavy atom. The van der Waals surface area contributed by atoms with Gasteiger partial charge < -0.3 is 14.6 Å². The van der Waals surface area contributed by atoms with Gasteiger partial charge in [0.15, 0.2) is 0 Å². The van der Waals surface area contributed by atoms with E-state index in [2.05, 4.69) is 0 Å². The van der Waals surface area contributed by atoms with Crippen molar-refractivity contribution in [2.45, 2.75) is 32.0 Å². The Balaban J connectivity index is 0.000000810. The smallest absolute Gasteiger partial charge is 0.547 e. The molecule has 1 aliphatic rings. The zero-order chi connectivity index (χ0) is 6.85. The fourth-order valence-electron chi connectivity index (χ4n) is 0.854. The molecule has 0 spiro atoms. The number of rotatable bonds is 3. The van der Waals surface area contributed by atoms with Crippen LogP contribution in [-0.4, -0.2) is 18.2 Å². The van der Waals surface area contributed by atoms with Crippen LogP contribution < -0.4 is 56.5 Å². The zero-order valence-corrected chi connectivity index (χ0v) is 9.42. The predicted molar refractivity (Wildman–Crippen MR) is 28.6 cm³/mol. The first-order chi connectivity index (χ1) is 4.25. The fourth-order valence-corrected chi connectivity index (χ4v) is 0.854. The summed E-state index contributed by atoms with van der Waals surface area (Å²) in [6.07, 6.45) is 1.14. The van der Waals surface area contributed by atoms with Gasteiger partial charge in [-0.15, -0.1) is 0 Å². The molecule has 0 saturated carbocycles. The molecule has 0 radical (unpaired) electrons. The van der Waals surface area contributed by atoms with Crippen molar-refractivity contribution in [1.29, 1.82) is 0 Å². The number of carboxylic acids is 1. The molecule has 4 heteroatoms. The topological polar surface area (TPSA) is 52.7 Å². The first-order valence-electron chi connectivity index (χ1n) is 3.12. The summed E-state index contributed by atoms with van der Waals surface area (Å²) in [4.78, 5) is 10.0. The SMILES string of the molecule is CCC[C@@H]1O[C@H]1C(=O)[O-].[K+]. The molecule has 0 aromatic rings. The second kappa shape index (κ2) is 4.85. The average Bonchev–Trinajstić information content (AvgIpc) is 2.47.